The summed E-state index contributed by atoms with van der Waals surface area (Å²) in [4.78, 5) is 16.3. The van der Waals surface area contributed by atoms with E-state index in [-0.39, 0.29) is 0 Å². The molecule has 2 rings (SSSR count). The lowest BCUT2D eigenvalue weighted by molar-refractivity contribution is -0.146. The number of hydrogen-bond donors (Lipinski definition) is 1. The summed E-state index contributed by atoms with van der Waals surface area (Å²) < 4.78 is 0. The number of nitrogens with two attached hydrogens (primary N) is 1. The van der Waals surface area contributed by atoms with E-state index in [2.05, 4.69) is 15.2 Å². The highest BCUT2D eigenvalue weighted by molar-refractivity contribution is 5.75. The number of carbonyl (C=O) groups is 1. The minimum atomic E-state index is -0.757. The number of carbonyl (C=O) groups excluding carboxylic acids is 1. The summed E-state index contributed by atoms with van der Waals surface area (Å²) in [6, 6.07) is 17.7. The van der Waals surface area contributed by atoms with Gasteiger partial charge in [-0.05, 0) is 24.1 Å². The van der Waals surface area contributed by atoms with Gasteiger partial charge in [0.05, 0.1) is 5.69 Å². The fourth-order valence-electron chi connectivity index (χ4n) is 1.62. The van der Waals surface area contributed by atoms with Crippen molar-refractivity contribution in [2.45, 2.75) is 12.5 Å². The predicted octanol–water partition coefficient (Wildman–Crippen LogP) is 2.80. The van der Waals surface area contributed by atoms with Gasteiger partial charge in [0.1, 0.15) is 6.04 Å². The van der Waals surface area contributed by atoms with Gasteiger partial charge in [-0.3, -0.25) is 4.84 Å². The third-order valence-corrected chi connectivity index (χ3v) is 2.64. The molecule has 0 radical (unpaired) electrons. The Balaban J connectivity index is 1.84. The van der Waals surface area contributed by atoms with Gasteiger partial charge in [-0.2, -0.15) is 0 Å². The molecule has 0 aliphatic rings. The molecule has 0 spiro atoms. The third kappa shape index (κ3) is 4.29. The molecule has 0 heterocycles. The van der Waals surface area contributed by atoms with Crippen LogP contribution in [0.2, 0.25) is 0 Å². The molecule has 0 unspecified atom stereocenters. The van der Waals surface area contributed by atoms with E-state index in [0.717, 1.165) is 5.56 Å². The lowest BCUT2D eigenvalue weighted by atomic mass is 10.1. The van der Waals surface area contributed by atoms with Gasteiger partial charge in [0.15, 0.2) is 0 Å². The van der Waals surface area contributed by atoms with Crippen molar-refractivity contribution in [2.24, 2.45) is 16.1 Å². The number of benzene rings is 2. The summed E-state index contributed by atoms with van der Waals surface area (Å²) in [5, 5.41) is 7.16. The van der Waals surface area contributed by atoms with Gasteiger partial charge in [0.2, 0.25) is 0 Å². The lowest BCUT2D eigenvalue weighted by Crippen LogP contribution is -2.33. The maximum atomic E-state index is 11.6. The van der Waals surface area contributed by atoms with Crippen molar-refractivity contribution in [1.82, 2.24) is 0 Å². The van der Waals surface area contributed by atoms with Crippen LogP contribution in [0.5, 0.6) is 0 Å². The van der Waals surface area contributed by atoms with Crippen LogP contribution in [0.25, 0.3) is 0 Å². The Morgan fingerprint density at radius 3 is 2.30 bits per heavy atom. The van der Waals surface area contributed by atoms with Crippen LogP contribution in [-0.4, -0.2) is 12.0 Å². The molecule has 0 amide bonds. The molecule has 20 heavy (non-hydrogen) atoms. The summed E-state index contributed by atoms with van der Waals surface area (Å²) in [7, 11) is 0. The Morgan fingerprint density at radius 2 is 1.65 bits per heavy atom. The molecule has 0 fully saturated rings. The topological polar surface area (TPSA) is 77.0 Å². The molecule has 0 saturated carbocycles. The Morgan fingerprint density at radius 1 is 1.05 bits per heavy atom. The highest BCUT2D eigenvalue weighted by atomic mass is 16.7. The molecule has 2 N–H and O–H groups in total. The zero-order valence-corrected chi connectivity index (χ0v) is 10.8. The molecule has 2 aromatic rings. The van der Waals surface area contributed by atoms with Gasteiger partial charge in [-0.25, -0.2) is 4.79 Å². The van der Waals surface area contributed by atoms with Gasteiger partial charge in [0, 0.05) is 5.28 Å². The van der Waals surface area contributed by atoms with Crippen LogP contribution in [0.1, 0.15) is 5.56 Å². The van der Waals surface area contributed by atoms with Gasteiger partial charge in [-0.1, -0.05) is 48.5 Å². The largest absolute Gasteiger partial charge is 0.353 e. The fraction of sp³-hybridized carbons (Fsp3) is 0.133. The summed E-state index contributed by atoms with van der Waals surface area (Å²) >= 11 is 0. The van der Waals surface area contributed by atoms with Gasteiger partial charge >= 0.3 is 5.97 Å². The van der Waals surface area contributed by atoms with Gasteiger partial charge in [-0.15, -0.1) is 5.11 Å². The zero-order chi connectivity index (χ0) is 14.2. The first-order valence-electron chi connectivity index (χ1n) is 6.22. The molecule has 0 aromatic heterocycles. The van der Waals surface area contributed by atoms with E-state index < -0.39 is 12.0 Å². The molecule has 1 atom stereocenters. The van der Waals surface area contributed by atoms with Crippen LogP contribution in [0.4, 0.5) is 5.69 Å². The van der Waals surface area contributed by atoms with E-state index in [4.69, 9.17) is 5.73 Å². The molecule has 0 aliphatic carbocycles. The lowest BCUT2D eigenvalue weighted by Gasteiger charge is -2.07. The fourth-order valence-corrected chi connectivity index (χ4v) is 1.62. The standard InChI is InChI=1S/C15H15N3O2/c16-14(11-12-7-3-1-4-8-12)15(19)20-18-17-13-9-5-2-6-10-13/h1-10,14H,11,16H2/t14-/m0/s1. The number of hydrogen-bond acceptors (Lipinski definition) is 5. The molecule has 0 bridgehead atoms. The van der Waals surface area contributed by atoms with Crippen LogP contribution in [0.15, 0.2) is 71.1 Å². The normalized spacial score (nSPS) is 12.2. The summed E-state index contributed by atoms with van der Waals surface area (Å²) in [5.74, 6) is -0.603. The van der Waals surface area contributed by atoms with Crippen molar-refractivity contribution in [2.75, 3.05) is 0 Å². The Hall–Kier alpha value is -2.53. The summed E-state index contributed by atoms with van der Waals surface area (Å²) in [6.07, 6.45) is 0.403. The molecule has 0 aliphatic heterocycles. The maximum Gasteiger partial charge on any atom is 0.353 e. The molecule has 5 heteroatoms. The van der Waals surface area contributed by atoms with E-state index in [1.54, 1.807) is 12.1 Å². The number of rotatable bonds is 5. The van der Waals surface area contributed by atoms with Gasteiger partial charge < -0.3 is 5.73 Å². The minimum absolute atomic E-state index is 0.403. The van der Waals surface area contributed by atoms with Crippen molar-refractivity contribution < 1.29 is 9.63 Å². The van der Waals surface area contributed by atoms with Crippen LogP contribution in [-0.2, 0) is 16.1 Å². The maximum absolute atomic E-state index is 11.6. The second-order valence-corrected chi connectivity index (χ2v) is 4.22. The highest BCUT2D eigenvalue weighted by Gasteiger charge is 2.15. The number of nitrogens with zero attached hydrogens (tertiary/aromatic N) is 2. The third-order valence-electron chi connectivity index (χ3n) is 2.64. The van der Waals surface area contributed by atoms with Crippen LogP contribution in [0.3, 0.4) is 0 Å². The van der Waals surface area contributed by atoms with Crippen LogP contribution >= 0.6 is 0 Å². The molecular formula is C15H15N3O2. The quantitative estimate of drug-likeness (QED) is 0.669. The Kier molecular flexibility index (Phi) is 4.97. The van der Waals surface area contributed by atoms with Crippen LogP contribution < -0.4 is 5.73 Å². The van der Waals surface area contributed by atoms with E-state index in [1.807, 2.05) is 48.5 Å². The van der Waals surface area contributed by atoms with Crippen molar-refractivity contribution in [3.8, 4) is 0 Å². The van der Waals surface area contributed by atoms with E-state index in [0.29, 0.717) is 12.1 Å². The smallest absolute Gasteiger partial charge is 0.318 e. The molecule has 2 aromatic carbocycles. The monoisotopic (exact) mass is 269 g/mol. The summed E-state index contributed by atoms with van der Waals surface area (Å²) in [6.45, 7) is 0. The van der Waals surface area contributed by atoms with Crippen LogP contribution in [0, 0.1) is 0 Å². The van der Waals surface area contributed by atoms with E-state index in [9.17, 15) is 4.79 Å². The molecular weight excluding hydrogens is 254 g/mol. The Labute approximate surface area is 117 Å². The second kappa shape index (κ2) is 7.16. The van der Waals surface area contributed by atoms with Crippen molar-refractivity contribution in [1.29, 1.82) is 0 Å². The van der Waals surface area contributed by atoms with E-state index >= 15 is 0 Å². The second-order valence-electron chi connectivity index (χ2n) is 4.22. The first-order chi connectivity index (χ1) is 9.75. The average Bonchev–Trinajstić information content (AvgIpc) is 2.49. The minimum Gasteiger partial charge on any atom is -0.318 e. The Bertz CT molecular complexity index is 570. The predicted molar refractivity (Wildman–Crippen MR) is 75.2 cm³/mol. The first kappa shape index (κ1) is 13.9. The molecule has 5 nitrogen and oxygen atoms in total. The highest BCUT2D eigenvalue weighted by Crippen LogP contribution is 2.10. The molecule has 102 valence electrons. The molecule has 0 saturated heterocycles. The van der Waals surface area contributed by atoms with Gasteiger partial charge in [0.25, 0.3) is 0 Å². The summed E-state index contributed by atoms with van der Waals surface area (Å²) in [5.41, 5.74) is 7.33. The van der Waals surface area contributed by atoms with Crippen molar-refractivity contribution >= 4 is 11.7 Å². The van der Waals surface area contributed by atoms with Crippen molar-refractivity contribution in [3.05, 3.63) is 66.2 Å². The van der Waals surface area contributed by atoms with Crippen molar-refractivity contribution in [3.63, 3.8) is 0 Å². The first-order valence-corrected chi connectivity index (χ1v) is 6.22. The van der Waals surface area contributed by atoms with E-state index in [1.165, 1.54) is 0 Å². The average molecular weight is 269 g/mol. The zero-order valence-electron chi connectivity index (χ0n) is 10.8. The SMILES string of the molecule is N[C@@H](Cc1ccccc1)C(=O)ON=Nc1ccccc1.